The van der Waals surface area contributed by atoms with E-state index in [-0.39, 0.29) is 5.69 Å². The SMILES string of the molecule is Cc1ccccc1-n1nc(C(=O)N/N=C\c2ccccc2Cl)cc1-c1ccc2ccccc2c1. The van der Waals surface area contributed by atoms with Crippen molar-refractivity contribution in [3.05, 3.63) is 119 Å². The van der Waals surface area contributed by atoms with Crippen molar-refractivity contribution in [2.45, 2.75) is 6.92 Å². The van der Waals surface area contributed by atoms with Crippen LogP contribution in [-0.2, 0) is 0 Å². The van der Waals surface area contributed by atoms with Gasteiger partial charge in [-0.05, 0) is 47.5 Å². The average Bonchev–Trinajstić information content (AvgIpc) is 3.30. The van der Waals surface area contributed by atoms with Gasteiger partial charge in [0.25, 0.3) is 5.91 Å². The molecule has 0 aliphatic heterocycles. The fourth-order valence-corrected chi connectivity index (χ4v) is 4.01. The van der Waals surface area contributed by atoms with Crippen molar-refractivity contribution in [1.29, 1.82) is 0 Å². The van der Waals surface area contributed by atoms with Crippen molar-refractivity contribution < 1.29 is 4.79 Å². The third-order valence-corrected chi connectivity index (χ3v) is 5.95. The highest BCUT2D eigenvalue weighted by Gasteiger charge is 2.18. The van der Waals surface area contributed by atoms with Gasteiger partial charge in [-0.3, -0.25) is 4.79 Å². The molecule has 0 bridgehead atoms. The lowest BCUT2D eigenvalue weighted by molar-refractivity contribution is 0.0949. The predicted molar refractivity (Wildman–Crippen MR) is 138 cm³/mol. The van der Waals surface area contributed by atoms with E-state index in [4.69, 9.17) is 11.6 Å². The van der Waals surface area contributed by atoms with Gasteiger partial charge in [-0.1, -0.05) is 84.4 Å². The maximum absolute atomic E-state index is 12.9. The summed E-state index contributed by atoms with van der Waals surface area (Å²) in [5.41, 5.74) is 7.28. The molecule has 5 nitrogen and oxygen atoms in total. The summed E-state index contributed by atoms with van der Waals surface area (Å²) in [6.45, 7) is 2.02. The average molecular weight is 465 g/mol. The molecule has 1 heterocycles. The van der Waals surface area contributed by atoms with E-state index in [0.717, 1.165) is 33.3 Å². The zero-order valence-corrected chi connectivity index (χ0v) is 19.2. The molecule has 0 saturated carbocycles. The maximum Gasteiger partial charge on any atom is 0.291 e. The molecule has 5 aromatic rings. The molecule has 5 rings (SSSR count). The summed E-state index contributed by atoms with van der Waals surface area (Å²) < 4.78 is 1.81. The van der Waals surface area contributed by atoms with E-state index in [0.29, 0.717) is 10.6 Å². The molecular weight excluding hydrogens is 444 g/mol. The first kappa shape index (κ1) is 21.6. The van der Waals surface area contributed by atoms with Gasteiger partial charge < -0.3 is 0 Å². The number of aromatic nitrogens is 2. The molecule has 4 aromatic carbocycles. The summed E-state index contributed by atoms with van der Waals surface area (Å²) in [5, 5.41) is 11.5. The van der Waals surface area contributed by atoms with Crippen LogP contribution in [0.5, 0.6) is 0 Å². The van der Waals surface area contributed by atoms with Gasteiger partial charge in [0, 0.05) is 16.1 Å². The number of para-hydroxylation sites is 1. The number of hydrogen-bond acceptors (Lipinski definition) is 3. The van der Waals surface area contributed by atoms with Crippen LogP contribution in [0.2, 0.25) is 5.02 Å². The monoisotopic (exact) mass is 464 g/mol. The minimum absolute atomic E-state index is 0.266. The number of aryl methyl sites for hydroxylation is 1. The van der Waals surface area contributed by atoms with Gasteiger partial charge in [-0.25, -0.2) is 10.1 Å². The van der Waals surface area contributed by atoms with Crippen LogP contribution in [0.4, 0.5) is 0 Å². The Kier molecular flexibility index (Phi) is 5.93. The fraction of sp³-hybridized carbons (Fsp3) is 0.0357. The van der Waals surface area contributed by atoms with Crippen LogP contribution >= 0.6 is 11.6 Å². The molecule has 0 aliphatic carbocycles. The van der Waals surface area contributed by atoms with Crippen LogP contribution in [0, 0.1) is 6.92 Å². The molecule has 34 heavy (non-hydrogen) atoms. The van der Waals surface area contributed by atoms with Gasteiger partial charge in [0.05, 0.1) is 17.6 Å². The molecule has 0 saturated heterocycles. The van der Waals surface area contributed by atoms with Crippen molar-refractivity contribution in [2.75, 3.05) is 0 Å². The van der Waals surface area contributed by atoms with Crippen molar-refractivity contribution >= 4 is 34.5 Å². The van der Waals surface area contributed by atoms with E-state index in [2.05, 4.69) is 39.9 Å². The van der Waals surface area contributed by atoms with Crippen LogP contribution in [0.25, 0.3) is 27.7 Å². The first-order valence-electron chi connectivity index (χ1n) is 10.8. The number of fused-ring (bicyclic) bond motifs is 1. The number of halogens is 1. The quantitative estimate of drug-likeness (QED) is 0.241. The summed E-state index contributed by atoms with van der Waals surface area (Å²) >= 11 is 6.15. The number of nitrogens with zero attached hydrogens (tertiary/aromatic N) is 3. The topological polar surface area (TPSA) is 59.3 Å². The van der Waals surface area contributed by atoms with Crippen LogP contribution in [-0.4, -0.2) is 21.9 Å². The summed E-state index contributed by atoms with van der Waals surface area (Å²) in [7, 11) is 0. The van der Waals surface area contributed by atoms with Crippen LogP contribution in [0.1, 0.15) is 21.6 Å². The third kappa shape index (κ3) is 4.34. The van der Waals surface area contributed by atoms with E-state index in [1.165, 1.54) is 6.21 Å². The summed E-state index contributed by atoms with van der Waals surface area (Å²) in [4.78, 5) is 12.9. The number of rotatable bonds is 5. The molecule has 6 heteroatoms. The molecule has 0 unspecified atom stereocenters. The second-order valence-electron chi connectivity index (χ2n) is 7.90. The highest BCUT2D eigenvalue weighted by Crippen LogP contribution is 2.28. The van der Waals surface area contributed by atoms with Crippen molar-refractivity contribution in [1.82, 2.24) is 15.2 Å². The van der Waals surface area contributed by atoms with Gasteiger partial charge in [0.2, 0.25) is 0 Å². The van der Waals surface area contributed by atoms with E-state index in [9.17, 15) is 4.79 Å². The Balaban J connectivity index is 1.53. The molecule has 1 N–H and O–H groups in total. The van der Waals surface area contributed by atoms with Gasteiger partial charge in [0.15, 0.2) is 5.69 Å². The Labute approximate surface area is 202 Å². The Morgan fingerprint density at radius 3 is 2.47 bits per heavy atom. The van der Waals surface area contributed by atoms with Gasteiger partial charge in [0.1, 0.15) is 0 Å². The Hall–Kier alpha value is -4.22. The molecule has 0 radical (unpaired) electrons. The number of hydrazone groups is 1. The second kappa shape index (κ2) is 9.33. The zero-order valence-electron chi connectivity index (χ0n) is 18.4. The van der Waals surface area contributed by atoms with Crippen molar-refractivity contribution in [2.24, 2.45) is 5.10 Å². The van der Waals surface area contributed by atoms with Crippen LogP contribution in [0.15, 0.2) is 102 Å². The Morgan fingerprint density at radius 1 is 0.912 bits per heavy atom. The minimum atomic E-state index is -0.405. The normalized spacial score (nSPS) is 11.2. The number of benzene rings is 4. The predicted octanol–water partition coefficient (Wildman–Crippen LogP) is 6.42. The molecule has 166 valence electrons. The Bertz CT molecular complexity index is 1540. The second-order valence-corrected chi connectivity index (χ2v) is 8.30. The van der Waals surface area contributed by atoms with Crippen molar-refractivity contribution in [3.63, 3.8) is 0 Å². The molecule has 0 spiro atoms. The number of carbonyl (C=O) groups excluding carboxylic acids is 1. The third-order valence-electron chi connectivity index (χ3n) is 5.61. The summed E-state index contributed by atoms with van der Waals surface area (Å²) in [6, 6.07) is 31.4. The van der Waals surface area contributed by atoms with Crippen molar-refractivity contribution in [3.8, 4) is 16.9 Å². The maximum atomic E-state index is 12.9. The van der Waals surface area contributed by atoms with Gasteiger partial charge in [-0.2, -0.15) is 10.2 Å². The first-order chi connectivity index (χ1) is 16.6. The lowest BCUT2D eigenvalue weighted by Crippen LogP contribution is -2.18. The lowest BCUT2D eigenvalue weighted by atomic mass is 10.0. The van der Waals surface area contributed by atoms with E-state index in [1.807, 2.05) is 72.3 Å². The number of amides is 1. The van der Waals surface area contributed by atoms with Crippen LogP contribution in [0.3, 0.4) is 0 Å². The van der Waals surface area contributed by atoms with Gasteiger partial charge in [-0.15, -0.1) is 0 Å². The smallest absolute Gasteiger partial charge is 0.265 e. The summed E-state index contributed by atoms with van der Waals surface area (Å²) in [6.07, 6.45) is 1.52. The van der Waals surface area contributed by atoms with E-state index in [1.54, 1.807) is 12.1 Å². The molecular formula is C28H21ClN4O. The molecule has 1 amide bonds. The molecule has 0 fully saturated rings. The van der Waals surface area contributed by atoms with E-state index >= 15 is 0 Å². The Morgan fingerprint density at radius 2 is 1.65 bits per heavy atom. The fourth-order valence-electron chi connectivity index (χ4n) is 3.83. The standard InChI is InChI=1S/C28H21ClN4O/c1-19-8-2-7-13-26(19)33-27(22-15-14-20-9-3-4-10-21(20)16-22)17-25(32-33)28(34)31-30-18-23-11-5-6-12-24(23)29/h2-18H,1H3,(H,31,34)/b30-18-. The first-order valence-corrected chi connectivity index (χ1v) is 11.2. The van der Waals surface area contributed by atoms with Crippen LogP contribution < -0.4 is 5.43 Å². The molecule has 0 atom stereocenters. The number of carbonyl (C=O) groups is 1. The van der Waals surface area contributed by atoms with Gasteiger partial charge >= 0.3 is 0 Å². The number of nitrogens with one attached hydrogen (secondary N) is 1. The minimum Gasteiger partial charge on any atom is -0.265 e. The molecule has 0 aliphatic rings. The largest absolute Gasteiger partial charge is 0.291 e. The van der Waals surface area contributed by atoms with E-state index < -0.39 is 5.91 Å². The number of hydrogen-bond donors (Lipinski definition) is 1. The highest BCUT2D eigenvalue weighted by molar-refractivity contribution is 6.33. The molecule has 1 aromatic heterocycles. The zero-order chi connectivity index (χ0) is 23.5. The highest BCUT2D eigenvalue weighted by atomic mass is 35.5. The lowest BCUT2D eigenvalue weighted by Gasteiger charge is -2.11. The summed E-state index contributed by atoms with van der Waals surface area (Å²) in [5.74, 6) is -0.405.